The monoisotopic (exact) mass is 187 g/mol. The summed E-state index contributed by atoms with van der Waals surface area (Å²) in [5, 5.41) is 21.7. The van der Waals surface area contributed by atoms with Gasteiger partial charge in [0.25, 0.3) is 0 Å². The second kappa shape index (κ2) is 4.94. The molecule has 0 heterocycles. The van der Waals surface area contributed by atoms with Crippen molar-refractivity contribution in [3.8, 4) is 0 Å². The molecule has 1 saturated carbocycles. The zero-order valence-corrected chi connectivity index (χ0v) is 8.42. The Morgan fingerprint density at radius 1 is 1.31 bits per heavy atom. The summed E-state index contributed by atoms with van der Waals surface area (Å²) < 4.78 is 0. The summed E-state index contributed by atoms with van der Waals surface area (Å²) in [6, 6.07) is 0. The first-order chi connectivity index (χ1) is 6.14. The van der Waals surface area contributed by atoms with Crippen molar-refractivity contribution in [2.24, 2.45) is 5.92 Å². The van der Waals surface area contributed by atoms with Gasteiger partial charge in [-0.15, -0.1) is 0 Å². The average molecular weight is 187 g/mol. The summed E-state index contributed by atoms with van der Waals surface area (Å²) >= 11 is 0. The topological polar surface area (TPSA) is 52.5 Å². The lowest BCUT2D eigenvalue weighted by Gasteiger charge is -2.31. The first-order valence-corrected chi connectivity index (χ1v) is 5.23. The molecule has 3 heteroatoms. The summed E-state index contributed by atoms with van der Waals surface area (Å²) in [7, 11) is 1.97. The SMILES string of the molecule is CNCCCC1CCC(O)(O)CC1. The molecule has 0 atom stereocenters. The first-order valence-electron chi connectivity index (χ1n) is 5.23. The molecule has 0 aromatic rings. The zero-order chi connectivity index (χ0) is 9.73. The van der Waals surface area contributed by atoms with Gasteiger partial charge in [-0.3, -0.25) is 0 Å². The Kier molecular flexibility index (Phi) is 4.16. The van der Waals surface area contributed by atoms with E-state index in [0.29, 0.717) is 18.8 Å². The number of nitrogens with one attached hydrogen (secondary N) is 1. The molecule has 3 N–H and O–H groups in total. The summed E-state index contributed by atoms with van der Waals surface area (Å²) in [5.41, 5.74) is 0. The molecule has 0 aliphatic heterocycles. The second-order valence-electron chi connectivity index (χ2n) is 4.17. The maximum absolute atomic E-state index is 9.31. The smallest absolute Gasteiger partial charge is 0.162 e. The van der Waals surface area contributed by atoms with E-state index >= 15 is 0 Å². The van der Waals surface area contributed by atoms with E-state index in [4.69, 9.17) is 0 Å². The minimum atomic E-state index is -1.36. The third kappa shape index (κ3) is 4.07. The van der Waals surface area contributed by atoms with Gasteiger partial charge in [-0.2, -0.15) is 0 Å². The highest BCUT2D eigenvalue weighted by Crippen LogP contribution is 2.32. The maximum atomic E-state index is 9.31. The van der Waals surface area contributed by atoms with E-state index in [0.717, 1.165) is 19.4 Å². The Balaban J connectivity index is 2.11. The van der Waals surface area contributed by atoms with Gasteiger partial charge in [-0.25, -0.2) is 0 Å². The van der Waals surface area contributed by atoms with Gasteiger partial charge in [0.1, 0.15) is 0 Å². The molecule has 1 aliphatic carbocycles. The van der Waals surface area contributed by atoms with Gasteiger partial charge >= 0.3 is 0 Å². The molecule has 0 amide bonds. The third-order valence-corrected chi connectivity index (χ3v) is 2.95. The molecule has 0 aromatic heterocycles. The summed E-state index contributed by atoms with van der Waals surface area (Å²) in [6.45, 7) is 1.07. The van der Waals surface area contributed by atoms with Gasteiger partial charge in [0.05, 0.1) is 0 Å². The lowest BCUT2D eigenvalue weighted by molar-refractivity contribution is -0.186. The van der Waals surface area contributed by atoms with Crippen LogP contribution in [-0.2, 0) is 0 Å². The third-order valence-electron chi connectivity index (χ3n) is 2.95. The van der Waals surface area contributed by atoms with Crippen LogP contribution in [-0.4, -0.2) is 29.6 Å². The summed E-state index contributed by atoms with van der Waals surface area (Å²) in [6.07, 6.45) is 5.46. The van der Waals surface area contributed by atoms with Crippen molar-refractivity contribution >= 4 is 0 Å². The highest BCUT2D eigenvalue weighted by atomic mass is 16.5. The van der Waals surface area contributed by atoms with E-state index in [2.05, 4.69) is 5.32 Å². The van der Waals surface area contributed by atoms with Crippen LogP contribution in [0.1, 0.15) is 38.5 Å². The summed E-state index contributed by atoms with van der Waals surface area (Å²) in [5.74, 6) is -0.653. The molecule has 0 bridgehead atoms. The predicted octanol–water partition coefficient (Wildman–Crippen LogP) is 0.857. The van der Waals surface area contributed by atoms with Crippen molar-refractivity contribution in [1.82, 2.24) is 5.32 Å². The van der Waals surface area contributed by atoms with Gasteiger partial charge in [0.2, 0.25) is 0 Å². The lowest BCUT2D eigenvalue weighted by Crippen LogP contribution is -2.33. The van der Waals surface area contributed by atoms with E-state index < -0.39 is 5.79 Å². The Labute approximate surface area is 80.2 Å². The van der Waals surface area contributed by atoms with Crippen molar-refractivity contribution in [3.05, 3.63) is 0 Å². The molecule has 78 valence electrons. The normalized spacial score (nSPS) is 23.3. The van der Waals surface area contributed by atoms with Crippen LogP contribution < -0.4 is 5.32 Å². The largest absolute Gasteiger partial charge is 0.366 e. The van der Waals surface area contributed by atoms with Crippen molar-refractivity contribution in [1.29, 1.82) is 0 Å². The van der Waals surface area contributed by atoms with Crippen LogP contribution in [0.4, 0.5) is 0 Å². The number of hydrogen-bond acceptors (Lipinski definition) is 3. The standard InChI is InChI=1S/C10H21NO2/c1-11-8-2-3-9-4-6-10(12,13)7-5-9/h9,11-13H,2-8H2,1H3. The molecule has 1 fully saturated rings. The molecule has 0 spiro atoms. The lowest BCUT2D eigenvalue weighted by atomic mass is 9.83. The van der Waals surface area contributed by atoms with Crippen LogP contribution in [0.5, 0.6) is 0 Å². The van der Waals surface area contributed by atoms with Crippen molar-refractivity contribution in [2.75, 3.05) is 13.6 Å². The Morgan fingerprint density at radius 2 is 1.92 bits per heavy atom. The van der Waals surface area contributed by atoms with Crippen LogP contribution >= 0.6 is 0 Å². The number of rotatable bonds is 4. The molecule has 1 aliphatic rings. The molecule has 1 rings (SSSR count). The first kappa shape index (κ1) is 11.0. The minimum absolute atomic E-state index is 0.553. The fraction of sp³-hybridized carbons (Fsp3) is 1.00. The van der Waals surface area contributed by atoms with Crippen LogP contribution in [0.15, 0.2) is 0 Å². The van der Waals surface area contributed by atoms with Gasteiger partial charge in [-0.1, -0.05) is 0 Å². The molecular weight excluding hydrogens is 166 g/mol. The molecule has 0 unspecified atom stereocenters. The van der Waals surface area contributed by atoms with E-state index in [9.17, 15) is 10.2 Å². The Hall–Kier alpha value is -0.120. The van der Waals surface area contributed by atoms with E-state index in [1.54, 1.807) is 0 Å². The Morgan fingerprint density at radius 3 is 2.46 bits per heavy atom. The van der Waals surface area contributed by atoms with E-state index in [1.807, 2.05) is 7.05 Å². The van der Waals surface area contributed by atoms with Gasteiger partial charge in [0.15, 0.2) is 5.79 Å². The highest BCUT2D eigenvalue weighted by Gasteiger charge is 2.29. The fourth-order valence-electron chi connectivity index (χ4n) is 2.00. The fourth-order valence-corrected chi connectivity index (χ4v) is 2.00. The van der Waals surface area contributed by atoms with Crippen molar-refractivity contribution in [3.63, 3.8) is 0 Å². The molecule has 0 aromatic carbocycles. The van der Waals surface area contributed by atoms with Gasteiger partial charge in [-0.05, 0) is 45.2 Å². The van der Waals surface area contributed by atoms with Crippen molar-refractivity contribution < 1.29 is 10.2 Å². The molecule has 13 heavy (non-hydrogen) atoms. The van der Waals surface area contributed by atoms with Crippen LogP contribution in [0.25, 0.3) is 0 Å². The average Bonchev–Trinajstić information content (AvgIpc) is 2.08. The number of hydrogen-bond donors (Lipinski definition) is 3. The van der Waals surface area contributed by atoms with E-state index in [-0.39, 0.29) is 0 Å². The second-order valence-corrected chi connectivity index (χ2v) is 4.17. The Bertz CT molecular complexity index is 138. The highest BCUT2D eigenvalue weighted by molar-refractivity contribution is 4.76. The van der Waals surface area contributed by atoms with Crippen LogP contribution in [0.3, 0.4) is 0 Å². The van der Waals surface area contributed by atoms with Gasteiger partial charge < -0.3 is 15.5 Å². The van der Waals surface area contributed by atoms with Crippen LogP contribution in [0.2, 0.25) is 0 Å². The minimum Gasteiger partial charge on any atom is -0.366 e. The molecule has 0 saturated heterocycles. The molecule has 3 nitrogen and oxygen atoms in total. The molecule has 0 radical (unpaired) electrons. The molecular formula is C10H21NO2. The van der Waals surface area contributed by atoms with Crippen LogP contribution in [0, 0.1) is 5.92 Å². The zero-order valence-electron chi connectivity index (χ0n) is 8.42. The summed E-state index contributed by atoms with van der Waals surface area (Å²) in [4.78, 5) is 0. The predicted molar refractivity (Wildman–Crippen MR) is 52.3 cm³/mol. The van der Waals surface area contributed by atoms with E-state index in [1.165, 1.54) is 12.8 Å². The number of aliphatic hydroxyl groups is 2. The quantitative estimate of drug-likeness (QED) is 0.452. The van der Waals surface area contributed by atoms with Gasteiger partial charge in [0, 0.05) is 12.8 Å². The maximum Gasteiger partial charge on any atom is 0.162 e. The van der Waals surface area contributed by atoms with Crippen molar-refractivity contribution in [2.45, 2.75) is 44.3 Å².